The fourth-order valence-corrected chi connectivity index (χ4v) is 3.69. The molecule has 102 valence electrons. The Hall–Kier alpha value is -1.03. The van der Waals surface area contributed by atoms with Crippen LogP contribution in [0.2, 0.25) is 0 Å². The topological polar surface area (TPSA) is 114 Å². The lowest BCUT2D eigenvalue weighted by molar-refractivity contribution is 0.570. The van der Waals surface area contributed by atoms with Gasteiger partial charge >= 0.3 is 0 Å². The smallest absolute Gasteiger partial charge is 0.244 e. The molecule has 18 heavy (non-hydrogen) atoms. The molecule has 0 fully saturated rings. The van der Waals surface area contributed by atoms with Gasteiger partial charge in [0.15, 0.2) is 5.82 Å². The number of aromatic nitrogens is 1. The summed E-state index contributed by atoms with van der Waals surface area (Å²) in [6.07, 6.45) is 2.94. The van der Waals surface area contributed by atoms with Crippen molar-refractivity contribution in [2.45, 2.75) is 17.9 Å². The molecule has 2 unspecified atom stereocenters. The molecule has 1 aromatic rings. The van der Waals surface area contributed by atoms with E-state index in [0.717, 1.165) is 0 Å². The predicted molar refractivity (Wildman–Crippen MR) is 70.8 cm³/mol. The van der Waals surface area contributed by atoms with Gasteiger partial charge < -0.3 is 5.43 Å². The van der Waals surface area contributed by atoms with Crippen molar-refractivity contribution in [1.82, 2.24) is 9.71 Å². The maximum Gasteiger partial charge on any atom is 0.244 e. The van der Waals surface area contributed by atoms with Crippen LogP contribution in [-0.4, -0.2) is 35.7 Å². The summed E-state index contributed by atoms with van der Waals surface area (Å²) in [4.78, 5) is 3.78. The zero-order chi connectivity index (χ0) is 13.8. The second kappa shape index (κ2) is 6.23. The normalized spacial score (nSPS) is 15.1. The molecule has 0 amide bonds. The first-order chi connectivity index (χ1) is 8.36. The van der Waals surface area contributed by atoms with Crippen molar-refractivity contribution in [2.24, 2.45) is 5.84 Å². The van der Waals surface area contributed by atoms with Gasteiger partial charge in [0.1, 0.15) is 4.90 Å². The third-order valence-corrected chi connectivity index (χ3v) is 4.63. The van der Waals surface area contributed by atoms with Crippen molar-refractivity contribution in [2.75, 3.05) is 17.4 Å². The highest BCUT2D eigenvalue weighted by atomic mass is 32.2. The number of nitrogens with two attached hydrogens (primary N) is 1. The van der Waals surface area contributed by atoms with Crippen LogP contribution < -0.4 is 16.0 Å². The van der Waals surface area contributed by atoms with Crippen molar-refractivity contribution < 1.29 is 12.6 Å². The molecule has 4 N–H and O–H groups in total. The summed E-state index contributed by atoms with van der Waals surface area (Å²) in [7, 11) is -4.81. The minimum atomic E-state index is -3.74. The Kier molecular flexibility index (Phi) is 5.20. The average Bonchev–Trinajstić information content (AvgIpc) is 2.27. The van der Waals surface area contributed by atoms with Crippen LogP contribution in [0.15, 0.2) is 23.2 Å². The molecule has 0 aliphatic rings. The Morgan fingerprint density at radius 1 is 1.56 bits per heavy atom. The van der Waals surface area contributed by atoms with Gasteiger partial charge in [-0.05, 0) is 19.1 Å². The van der Waals surface area contributed by atoms with E-state index in [-0.39, 0.29) is 16.5 Å². The third-order valence-electron chi connectivity index (χ3n) is 2.04. The lowest BCUT2D eigenvalue weighted by atomic mass is 10.4. The lowest BCUT2D eigenvalue weighted by Gasteiger charge is -2.14. The molecular formula is C9H16N4O3S2. The first-order valence-corrected chi connectivity index (χ1v) is 8.32. The molecule has 0 aromatic carbocycles. The van der Waals surface area contributed by atoms with Crippen molar-refractivity contribution in [3.05, 3.63) is 18.3 Å². The summed E-state index contributed by atoms with van der Waals surface area (Å²) in [6, 6.07) is 2.45. The highest BCUT2D eigenvalue weighted by Crippen LogP contribution is 2.16. The fourth-order valence-electron chi connectivity index (χ4n) is 1.43. The SMILES string of the molecule is CC(CS(C)=O)NS(=O)(=O)c1cccnc1NN. The van der Waals surface area contributed by atoms with Gasteiger partial charge in [-0.2, -0.15) is 0 Å². The van der Waals surface area contributed by atoms with Crippen LogP contribution in [-0.2, 0) is 20.8 Å². The van der Waals surface area contributed by atoms with E-state index in [4.69, 9.17) is 5.84 Å². The number of rotatable bonds is 6. The first kappa shape index (κ1) is 15.0. The molecule has 0 radical (unpaired) electrons. The van der Waals surface area contributed by atoms with Crippen LogP contribution in [0.3, 0.4) is 0 Å². The molecule has 0 aliphatic heterocycles. The van der Waals surface area contributed by atoms with E-state index in [0.29, 0.717) is 0 Å². The molecule has 0 bridgehead atoms. The number of sulfonamides is 1. The fraction of sp³-hybridized carbons (Fsp3) is 0.444. The standard InChI is InChI=1S/C9H16N4O3S2/c1-7(6-17(2)14)13-18(15,16)8-4-3-5-11-9(8)12-10/h3-5,7,13H,6,10H2,1-2H3,(H,11,12). The predicted octanol–water partition coefficient (Wildman–Crippen LogP) is -0.587. The van der Waals surface area contributed by atoms with Gasteiger partial charge in [-0.15, -0.1) is 0 Å². The van der Waals surface area contributed by atoms with Gasteiger partial charge in [-0.3, -0.25) is 4.21 Å². The summed E-state index contributed by atoms with van der Waals surface area (Å²) in [6.45, 7) is 1.64. The molecule has 0 saturated heterocycles. The Balaban J connectivity index is 2.96. The van der Waals surface area contributed by atoms with E-state index < -0.39 is 26.9 Å². The highest BCUT2D eigenvalue weighted by molar-refractivity contribution is 7.89. The van der Waals surface area contributed by atoms with Crippen LogP contribution >= 0.6 is 0 Å². The van der Waals surface area contributed by atoms with E-state index >= 15 is 0 Å². The van der Waals surface area contributed by atoms with Crippen molar-refractivity contribution in [3.8, 4) is 0 Å². The summed E-state index contributed by atoms with van der Waals surface area (Å²) in [5.74, 6) is 5.51. The summed E-state index contributed by atoms with van der Waals surface area (Å²) >= 11 is 0. The number of pyridine rings is 1. The maximum absolute atomic E-state index is 12.1. The van der Waals surface area contributed by atoms with Crippen LogP contribution in [0.25, 0.3) is 0 Å². The van der Waals surface area contributed by atoms with Crippen LogP contribution in [0.5, 0.6) is 0 Å². The second-order valence-corrected chi connectivity index (χ2v) is 6.92. The number of hydrogen-bond acceptors (Lipinski definition) is 6. The molecular weight excluding hydrogens is 276 g/mol. The Labute approximate surface area is 109 Å². The van der Waals surface area contributed by atoms with Gasteiger partial charge in [0.25, 0.3) is 0 Å². The van der Waals surface area contributed by atoms with Crippen LogP contribution in [0.4, 0.5) is 5.82 Å². The molecule has 1 heterocycles. The van der Waals surface area contributed by atoms with Crippen LogP contribution in [0, 0.1) is 0 Å². The Morgan fingerprint density at radius 3 is 2.78 bits per heavy atom. The number of hydrogen-bond donors (Lipinski definition) is 3. The second-order valence-electron chi connectivity index (χ2n) is 3.76. The van der Waals surface area contributed by atoms with E-state index in [2.05, 4.69) is 15.1 Å². The van der Waals surface area contributed by atoms with Gasteiger partial charge in [-0.1, -0.05) is 0 Å². The molecule has 9 heteroatoms. The lowest BCUT2D eigenvalue weighted by Crippen LogP contribution is -2.36. The molecule has 1 rings (SSSR count). The van der Waals surface area contributed by atoms with Gasteiger partial charge in [0, 0.05) is 35.0 Å². The number of nitrogens with one attached hydrogen (secondary N) is 2. The minimum Gasteiger partial charge on any atom is -0.307 e. The summed E-state index contributed by atoms with van der Waals surface area (Å²) < 4.78 is 37.6. The van der Waals surface area contributed by atoms with Gasteiger partial charge in [0.2, 0.25) is 10.0 Å². The molecule has 0 spiro atoms. The molecule has 0 aliphatic carbocycles. The zero-order valence-corrected chi connectivity index (χ0v) is 11.7. The monoisotopic (exact) mass is 292 g/mol. The molecule has 0 saturated carbocycles. The largest absolute Gasteiger partial charge is 0.307 e. The molecule has 7 nitrogen and oxygen atoms in total. The molecule has 2 atom stereocenters. The number of anilines is 1. The van der Waals surface area contributed by atoms with Crippen LogP contribution in [0.1, 0.15) is 6.92 Å². The van der Waals surface area contributed by atoms with Gasteiger partial charge in [0.05, 0.1) is 0 Å². The zero-order valence-electron chi connectivity index (χ0n) is 10.1. The van der Waals surface area contributed by atoms with E-state index in [1.807, 2.05) is 0 Å². The van der Waals surface area contributed by atoms with E-state index in [1.54, 1.807) is 6.92 Å². The van der Waals surface area contributed by atoms with E-state index in [9.17, 15) is 12.6 Å². The number of nitrogen functional groups attached to an aromatic ring is 1. The first-order valence-electron chi connectivity index (χ1n) is 5.11. The molecule has 1 aromatic heterocycles. The average molecular weight is 292 g/mol. The third kappa shape index (κ3) is 4.02. The number of nitrogens with zero attached hydrogens (tertiary/aromatic N) is 1. The van der Waals surface area contributed by atoms with Gasteiger partial charge in [-0.25, -0.2) is 24.0 Å². The summed E-state index contributed by atoms with van der Waals surface area (Å²) in [5, 5.41) is 0. The summed E-state index contributed by atoms with van der Waals surface area (Å²) in [5.41, 5.74) is 2.23. The van der Waals surface area contributed by atoms with E-state index in [1.165, 1.54) is 24.6 Å². The highest BCUT2D eigenvalue weighted by Gasteiger charge is 2.21. The minimum absolute atomic E-state index is 0.0405. The maximum atomic E-state index is 12.1. The number of hydrazine groups is 1. The van der Waals surface area contributed by atoms with Crippen molar-refractivity contribution in [1.29, 1.82) is 0 Å². The Morgan fingerprint density at radius 2 is 2.22 bits per heavy atom. The Bertz CT molecular complexity index is 532. The van der Waals surface area contributed by atoms with Crippen molar-refractivity contribution >= 4 is 26.6 Å². The quantitative estimate of drug-likeness (QED) is 0.477. The van der Waals surface area contributed by atoms with Crippen molar-refractivity contribution in [3.63, 3.8) is 0 Å².